The second-order valence-corrected chi connectivity index (χ2v) is 13.1. The molecule has 0 fully saturated rings. The van der Waals surface area contributed by atoms with Gasteiger partial charge in [-0.2, -0.15) is 0 Å². The Labute approximate surface area is 145 Å². The smallest absolute Gasteiger partial charge is 0.228 e. The van der Waals surface area contributed by atoms with E-state index in [1.165, 1.54) is 0 Å². The normalized spacial score (nSPS) is 14.0. The zero-order valence-corrected chi connectivity index (χ0v) is 17.6. The summed E-state index contributed by atoms with van der Waals surface area (Å²) in [5.74, 6) is 0.679. The molecule has 0 bridgehead atoms. The Kier molecular flexibility index (Phi) is 7.08. The van der Waals surface area contributed by atoms with Gasteiger partial charge in [-0.3, -0.25) is 0 Å². The third-order valence-electron chi connectivity index (χ3n) is 4.29. The second-order valence-electron chi connectivity index (χ2n) is 7.42. The van der Waals surface area contributed by atoms with Crippen LogP contribution in [-0.4, -0.2) is 26.0 Å². The van der Waals surface area contributed by atoms with E-state index < -0.39 is 8.32 Å². The minimum atomic E-state index is -1.63. The third kappa shape index (κ3) is 6.01. The number of halogens is 1. The van der Waals surface area contributed by atoms with Crippen molar-refractivity contribution >= 4 is 24.2 Å². The van der Waals surface area contributed by atoms with Crippen molar-refractivity contribution in [2.24, 2.45) is 0 Å². The van der Waals surface area contributed by atoms with E-state index in [0.29, 0.717) is 5.88 Å². The van der Waals surface area contributed by atoms with Crippen molar-refractivity contribution in [3.05, 3.63) is 22.3 Å². The molecule has 0 aliphatic rings. The standard InChI is InChI=1S/C17H30BrNO2Si/c1-13-10-11-15(18)16(19-13)21-14(2)9-8-12-20-22(6,7)17(3,4)5/h10-11,14H,8-9,12H2,1-7H3. The molecule has 22 heavy (non-hydrogen) atoms. The molecule has 0 amide bonds. The van der Waals surface area contributed by atoms with Crippen molar-refractivity contribution in [2.75, 3.05) is 6.61 Å². The number of aryl methyl sites for hydroxylation is 1. The SMILES string of the molecule is Cc1ccc(Br)c(OC(C)CCCO[Si](C)(C)C(C)(C)C)n1. The zero-order chi connectivity index (χ0) is 17.0. The van der Waals surface area contributed by atoms with Crippen LogP contribution in [0, 0.1) is 6.92 Å². The van der Waals surface area contributed by atoms with Gasteiger partial charge in [-0.1, -0.05) is 20.8 Å². The Morgan fingerprint density at radius 2 is 1.91 bits per heavy atom. The summed E-state index contributed by atoms with van der Waals surface area (Å²) in [6, 6.07) is 3.94. The molecule has 0 radical (unpaired) electrons. The van der Waals surface area contributed by atoms with Crippen LogP contribution in [0.5, 0.6) is 5.88 Å². The van der Waals surface area contributed by atoms with Crippen LogP contribution < -0.4 is 4.74 Å². The summed E-state index contributed by atoms with van der Waals surface area (Å²) in [5, 5.41) is 0.269. The molecule has 0 aromatic carbocycles. The molecular weight excluding hydrogens is 358 g/mol. The molecule has 1 rings (SSSR count). The maximum absolute atomic E-state index is 6.20. The fourth-order valence-electron chi connectivity index (χ4n) is 1.76. The lowest BCUT2D eigenvalue weighted by molar-refractivity contribution is 0.182. The van der Waals surface area contributed by atoms with Crippen LogP contribution in [-0.2, 0) is 4.43 Å². The van der Waals surface area contributed by atoms with Crippen LogP contribution >= 0.6 is 15.9 Å². The lowest BCUT2D eigenvalue weighted by atomic mass is 10.2. The summed E-state index contributed by atoms with van der Waals surface area (Å²) in [7, 11) is -1.63. The topological polar surface area (TPSA) is 31.4 Å². The first-order valence-corrected chi connectivity index (χ1v) is 11.7. The van der Waals surface area contributed by atoms with E-state index in [1.54, 1.807) is 0 Å². The van der Waals surface area contributed by atoms with Crippen LogP contribution in [0.25, 0.3) is 0 Å². The van der Waals surface area contributed by atoms with E-state index in [1.807, 2.05) is 19.1 Å². The van der Waals surface area contributed by atoms with Crippen molar-refractivity contribution < 1.29 is 9.16 Å². The van der Waals surface area contributed by atoms with Gasteiger partial charge in [-0.25, -0.2) is 4.98 Å². The van der Waals surface area contributed by atoms with Crippen LogP contribution in [0.1, 0.15) is 46.2 Å². The van der Waals surface area contributed by atoms with Crippen molar-refractivity contribution in [3.8, 4) is 5.88 Å². The predicted octanol–water partition coefficient (Wildman–Crippen LogP) is 5.72. The molecule has 3 nitrogen and oxygen atoms in total. The Hall–Kier alpha value is -0.393. The lowest BCUT2D eigenvalue weighted by Gasteiger charge is -2.36. The number of hydrogen-bond donors (Lipinski definition) is 0. The highest BCUT2D eigenvalue weighted by Crippen LogP contribution is 2.36. The molecule has 0 spiro atoms. The zero-order valence-electron chi connectivity index (χ0n) is 15.0. The molecule has 1 atom stereocenters. The molecule has 1 heterocycles. The van der Waals surface area contributed by atoms with E-state index in [2.05, 4.69) is 61.7 Å². The molecule has 0 saturated heterocycles. The number of ether oxygens (including phenoxy) is 1. The van der Waals surface area contributed by atoms with Crippen molar-refractivity contribution in [1.82, 2.24) is 4.98 Å². The van der Waals surface area contributed by atoms with Gasteiger partial charge in [-0.15, -0.1) is 0 Å². The summed E-state index contributed by atoms with van der Waals surface area (Å²) in [6.45, 7) is 16.3. The monoisotopic (exact) mass is 387 g/mol. The van der Waals surface area contributed by atoms with Crippen LogP contribution in [0.3, 0.4) is 0 Å². The van der Waals surface area contributed by atoms with Gasteiger partial charge in [-0.05, 0) is 72.9 Å². The van der Waals surface area contributed by atoms with Gasteiger partial charge < -0.3 is 9.16 Å². The highest BCUT2D eigenvalue weighted by atomic mass is 79.9. The van der Waals surface area contributed by atoms with Crippen molar-refractivity contribution in [3.63, 3.8) is 0 Å². The highest BCUT2D eigenvalue weighted by Gasteiger charge is 2.36. The fourth-order valence-corrected chi connectivity index (χ4v) is 3.16. The van der Waals surface area contributed by atoms with E-state index in [9.17, 15) is 0 Å². The predicted molar refractivity (Wildman–Crippen MR) is 99.1 cm³/mol. The third-order valence-corrected chi connectivity index (χ3v) is 9.43. The van der Waals surface area contributed by atoms with Crippen LogP contribution in [0.4, 0.5) is 0 Å². The summed E-state index contributed by atoms with van der Waals surface area (Å²) < 4.78 is 13.0. The summed E-state index contributed by atoms with van der Waals surface area (Å²) in [6.07, 6.45) is 2.11. The fraction of sp³-hybridized carbons (Fsp3) is 0.706. The Morgan fingerprint density at radius 1 is 1.27 bits per heavy atom. The average Bonchev–Trinajstić information content (AvgIpc) is 2.38. The highest BCUT2D eigenvalue weighted by molar-refractivity contribution is 9.10. The Balaban J connectivity index is 2.38. The average molecular weight is 388 g/mol. The van der Waals surface area contributed by atoms with E-state index >= 15 is 0 Å². The molecule has 0 N–H and O–H groups in total. The van der Waals surface area contributed by atoms with E-state index in [4.69, 9.17) is 9.16 Å². The van der Waals surface area contributed by atoms with Crippen LogP contribution in [0.2, 0.25) is 18.1 Å². The first-order valence-electron chi connectivity index (χ1n) is 7.97. The maximum Gasteiger partial charge on any atom is 0.228 e. The number of rotatable bonds is 7. The minimum Gasteiger partial charge on any atom is -0.474 e. The number of nitrogens with zero attached hydrogens (tertiary/aromatic N) is 1. The van der Waals surface area contributed by atoms with E-state index in [-0.39, 0.29) is 11.1 Å². The quantitative estimate of drug-likeness (QED) is 0.442. The molecule has 5 heteroatoms. The molecule has 1 aromatic heterocycles. The van der Waals surface area contributed by atoms with E-state index in [0.717, 1.165) is 29.6 Å². The second kappa shape index (κ2) is 7.93. The maximum atomic E-state index is 6.20. The van der Waals surface area contributed by atoms with Crippen molar-refractivity contribution in [2.45, 2.75) is 71.7 Å². The summed E-state index contributed by atoms with van der Waals surface area (Å²) in [4.78, 5) is 4.42. The van der Waals surface area contributed by atoms with Gasteiger partial charge in [0.2, 0.25) is 5.88 Å². The number of aromatic nitrogens is 1. The largest absolute Gasteiger partial charge is 0.474 e. The molecule has 126 valence electrons. The molecular formula is C17H30BrNO2Si. The molecule has 0 aliphatic heterocycles. The van der Waals surface area contributed by atoms with Gasteiger partial charge in [0.1, 0.15) is 0 Å². The van der Waals surface area contributed by atoms with Gasteiger partial charge in [0.05, 0.1) is 10.6 Å². The van der Waals surface area contributed by atoms with Gasteiger partial charge in [0, 0.05) is 12.3 Å². The van der Waals surface area contributed by atoms with Gasteiger partial charge in [0.25, 0.3) is 0 Å². The minimum absolute atomic E-state index is 0.133. The molecule has 0 saturated carbocycles. The Morgan fingerprint density at radius 3 is 2.50 bits per heavy atom. The summed E-state index contributed by atoms with van der Waals surface area (Å²) in [5.41, 5.74) is 0.965. The number of pyridine rings is 1. The van der Waals surface area contributed by atoms with Gasteiger partial charge >= 0.3 is 0 Å². The Bertz CT molecular complexity index is 486. The lowest BCUT2D eigenvalue weighted by Crippen LogP contribution is -2.41. The summed E-state index contributed by atoms with van der Waals surface area (Å²) >= 11 is 3.48. The molecule has 1 aromatic rings. The van der Waals surface area contributed by atoms with Crippen molar-refractivity contribution in [1.29, 1.82) is 0 Å². The number of hydrogen-bond acceptors (Lipinski definition) is 3. The molecule has 1 unspecified atom stereocenters. The van der Waals surface area contributed by atoms with Gasteiger partial charge in [0.15, 0.2) is 8.32 Å². The first-order chi connectivity index (χ1) is 10.0. The first kappa shape index (κ1) is 19.7. The molecule has 0 aliphatic carbocycles. The van der Waals surface area contributed by atoms with Crippen LogP contribution in [0.15, 0.2) is 16.6 Å².